The van der Waals surface area contributed by atoms with Gasteiger partial charge in [-0.15, -0.1) is 24.0 Å². The Bertz CT molecular complexity index is 436. The van der Waals surface area contributed by atoms with E-state index in [4.69, 9.17) is 17.3 Å². The van der Waals surface area contributed by atoms with Crippen molar-refractivity contribution in [2.45, 2.75) is 4.90 Å². The molecule has 0 aliphatic rings. The highest BCUT2D eigenvalue weighted by Crippen LogP contribution is 2.35. The van der Waals surface area contributed by atoms with Crippen LogP contribution >= 0.6 is 35.6 Å². The van der Waals surface area contributed by atoms with Crippen molar-refractivity contribution in [3.63, 3.8) is 0 Å². The molecule has 0 spiro atoms. The van der Waals surface area contributed by atoms with Gasteiger partial charge >= 0.3 is 0 Å². The number of nitrogens with two attached hydrogens (primary N) is 1. The van der Waals surface area contributed by atoms with E-state index in [1.807, 2.05) is 18.2 Å². The summed E-state index contributed by atoms with van der Waals surface area (Å²) < 4.78 is 1.86. The molecule has 0 fully saturated rings. The van der Waals surface area contributed by atoms with E-state index in [2.05, 4.69) is 12.6 Å². The van der Waals surface area contributed by atoms with Gasteiger partial charge in [0.15, 0.2) is 0 Å². The molecule has 0 saturated heterocycles. The molecule has 1 nitrogen and oxygen atoms in total. The highest BCUT2D eigenvalue weighted by atomic mass is 35.5. The Morgan fingerprint density at radius 1 is 1.33 bits per heavy atom. The van der Waals surface area contributed by atoms with Crippen LogP contribution in [0.15, 0.2) is 23.1 Å². The summed E-state index contributed by atoms with van der Waals surface area (Å²) in [7, 11) is 0. The minimum Gasteiger partial charge on any atom is -0.399 e. The Morgan fingerprint density at radius 3 is 2.83 bits per heavy atom. The Kier molecular flexibility index (Phi) is 1.94. The summed E-state index contributed by atoms with van der Waals surface area (Å²) in [5.74, 6) is 0. The van der Waals surface area contributed by atoms with Gasteiger partial charge in [-0.1, -0.05) is 11.6 Å². The topological polar surface area (TPSA) is 26.0 Å². The summed E-state index contributed by atoms with van der Waals surface area (Å²) in [5, 5.41) is 1.06. The van der Waals surface area contributed by atoms with Crippen molar-refractivity contribution < 1.29 is 0 Å². The normalized spacial score (nSPS) is 10.8. The van der Waals surface area contributed by atoms with Gasteiger partial charge in [0.25, 0.3) is 0 Å². The van der Waals surface area contributed by atoms with Crippen LogP contribution in [-0.2, 0) is 0 Å². The fraction of sp³-hybridized carbons (Fsp3) is 0. The first-order valence-corrected chi connectivity index (χ1v) is 4.98. The van der Waals surface area contributed by atoms with Crippen molar-refractivity contribution in [3.05, 3.63) is 22.5 Å². The summed E-state index contributed by atoms with van der Waals surface area (Å²) >= 11 is 11.7. The lowest BCUT2D eigenvalue weighted by Gasteiger charge is -1.96. The molecule has 2 aromatic rings. The van der Waals surface area contributed by atoms with Crippen LogP contribution in [0.25, 0.3) is 10.1 Å². The second-order valence-corrected chi connectivity index (χ2v) is 4.67. The number of anilines is 1. The van der Waals surface area contributed by atoms with Crippen LogP contribution in [0.4, 0.5) is 5.69 Å². The zero-order valence-electron chi connectivity index (χ0n) is 6.04. The number of thiophene rings is 1. The quantitative estimate of drug-likeness (QED) is 0.511. The summed E-state index contributed by atoms with van der Waals surface area (Å²) in [6, 6.07) is 5.63. The first-order chi connectivity index (χ1) is 5.66. The number of nitrogen functional groups attached to an aromatic ring is 1. The number of thiol groups is 1. The van der Waals surface area contributed by atoms with Gasteiger partial charge in [0, 0.05) is 15.3 Å². The van der Waals surface area contributed by atoms with Crippen molar-refractivity contribution in [2.75, 3.05) is 5.73 Å². The third kappa shape index (κ3) is 1.28. The summed E-state index contributed by atoms with van der Waals surface area (Å²) in [6.45, 7) is 0. The molecule has 2 N–H and O–H groups in total. The number of fused-ring (bicyclic) bond motifs is 1. The Morgan fingerprint density at radius 2 is 2.08 bits per heavy atom. The van der Waals surface area contributed by atoms with Crippen LogP contribution in [0.1, 0.15) is 0 Å². The first kappa shape index (κ1) is 8.23. The zero-order valence-corrected chi connectivity index (χ0v) is 8.51. The number of hydrogen-bond donors (Lipinski definition) is 2. The van der Waals surface area contributed by atoms with Crippen LogP contribution in [0.5, 0.6) is 0 Å². The second-order valence-electron chi connectivity index (χ2n) is 2.51. The molecular formula is C8H6ClNS2. The standard InChI is InChI=1S/C8H6ClNS2/c9-7-2-4-1-5(10)3-6(11)8(4)12-7/h1-3,11H,10H2. The van der Waals surface area contributed by atoms with Crippen LogP contribution in [0, 0.1) is 0 Å². The third-order valence-electron chi connectivity index (χ3n) is 1.59. The summed E-state index contributed by atoms with van der Waals surface area (Å²) in [5.41, 5.74) is 6.37. The predicted octanol–water partition coefficient (Wildman–Crippen LogP) is 3.43. The van der Waals surface area contributed by atoms with Crippen LogP contribution < -0.4 is 5.73 Å². The fourth-order valence-electron chi connectivity index (χ4n) is 1.13. The molecule has 0 amide bonds. The number of hydrogen-bond acceptors (Lipinski definition) is 3. The molecule has 4 heteroatoms. The maximum absolute atomic E-state index is 5.85. The Hall–Kier alpha value is -0.380. The molecule has 0 saturated carbocycles. The van der Waals surface area contributed by atoms with Crippen molar-refractivity contribution in [1.29, 1.82) is 0 Å². The number of halogens is 1. The lowest BCUT2D eigenvalue weighted by molar-refractivity contribution is 1.60. The van der Waals surface area contributed by atoms with Crippen LogP contribution in [0.3, 0.4) is 0 Å². The van der Waals surface area contributed by atoms with Crippen molar-refractivity contribution in [1.82, 2.24) is 0 Å². The van der Waals surface area contributed by atoms with Crippen molar-refractivity contribution in [2.24, 2.45) is 0 Å². The molecule has 1 aromatic heterocycles. The SMILES string of the molecule is Nc1cc(S)c2sc(Cl)cc2c1. The van der Waals surface area contributed by atoms with E-state index in [-0.39, 0.29) is 0 Å². The van der Waals surface area contributed by atoms with Gasteiger partial charge in [0.2, 0.25) is 0 Å². The molecule has 0 aliphatic carbocycles. The van der Waals surface area contributed by atoms with Gasteiger partial charge < -0.3 is 5.73 Å². The molecule has 2 rings (SSSR count). The monoisotopic (exact) mass is 215 g/mol. The van der Waals surface area contributed by atoms with E-state index in [0.29, 0.717) is 0 Å². The van der Waals surface area contributed by atoms with E-state index in [9.17, 15) is 0 Å². The van der Waals surface area contributed by atoms with E-state index in [1.54, 1.807) is 0 Å². The van der Waals surface area contributed by atoms with Gasteiger partial charge in [-0.05, 0) is 23.6 Å². The van der Waals surface area contributed by atoms with Crippen LogP contribution in [0.2, 0.25) is 4.34 Å². The average Bonchev–Trinajstić information content (AvgIpc) is 2.29. The number of benzene rings is 1. The molecule has 0 bridgehead atoms. The van der Waals surface area contributed by atoms with Gasteiger partial charge in [-0.3, -0.25) is 0 Å². The van der Waals surface area contributed by atoms with Gasteiger partial charge in [-0.25, -0.2) is 0 Å². The Balaban J connectivity index is 2.88. The minimum atomic E-state index is 0.724. The number of rotatable bonds is 0. The van der Waals surface area contributed by atoms with Crippen molar-refractivity contribution >= 4 is 51.3 Å². The molecule has 0 unspecified atom stereocenters. The molecule has 0 radical (unpaired) electrons. The maximum atomic E-state index is 5.85. The molecular weight excluding hydrogens is 210 g/mol. The Labute approximate surface area is 84.6 Å². The van der Waals surface area contributed by atoms with E-state index in [0.717, 1.165) is 25.0 Å². The van der Waals surface area contributed by atoms with Crippen molar-refractivity contribution in [3.8, 4) is 0 Å². The molecule has 0 aliphatic heterocycles. The molecule has 1 aromatic carbocycles. The van der Waals surface area contributed by atoms with E-state index >= 15 is 0 Å². The average molecular weight is 216 g/mol. The molecule has 0 atom stereocenters. The fourth-order valence-corrected chi connectivity index (χ4v) is 2.67. The lowest BCUT2D eigenvalue weighted by atomic mass is 10.2. The van der Waals surface area contributed by atoms with E-state index in [1.165, 1.54) is 11.3 Å². The molecule has 62 valence electrons. The second kappa shape index (κ2) is 2.83. The molecule has 12 heavy (non-hydrogen) atoms. The van der Waals surface area contributed by atoms with Crippen LogP contribution in [-0.4, -0.2) is 0 Å². The third-order valence-corrected chi connectivity index (χ3v) is 3.41. The predicted molar refractivity (Wildman–Crippen MR) is 58.5 cm³/mol. The highest BCUT2D eigenvalue weighted by molar-refractivity contribution is 7.80. The summed E-state index contributed by atoms with van der Waals surface area (Å²) in [4.78, 5) is 0.891. The highest BCUT2D eigenvalue weighted by Gasteiger charge is 2.03. The largest absolute Gasteiger partial charge is 0.399 e. The maximum Gasteiger partial charge on any atom is 0.0941 e. The van der Waals surface area contributed by atoms with Gasteiger partial charge in [0.05, 0.1) is 4.34 Å². The summed E-state index contributed by atoms with van der Waals surface area (Å²) in [6.07, 6.45) is 0. The minimum absolute atomic E-state index is 0.724. The molecule has 1 heterocycles. The zero-order chi connectivity index (χ0) is 8.72. The van der Waals surface area contributed by atoms with Gasteiger partial charge in [0.1, 0.15) is 0 Å². The smallest absolute Gasteiger partial charge is 0.0941 e. The lowest BCUT2D eigenvalue weighted by Crippen LogP contribution is -1.82. The van der Waals surface area contributed by atoms with E-state index < -0.39 is 0 Å². The first-order valence-electron chi connectivity index (χ1n) is 3.34. The van der Waals surface area contributed by atoms with Gasteiger partial charge in [-0.2, -0.15) is 0 Å².